The van der Waals surface area contributed by atoms with Gasteiger partial charge in [-0.3, -0.25) is 9.59 Å². The van der Waals surface area contributed by atoms with Crippen molar-refractivity contribution >= 4 is 11.8 Å². The zero-order chi connectivity index (χ0) is 8.85. The second kappa shape index (κ2) is 4.85. The molecule has 64 valence electrons. The van der Waals surface area contributed by atoms with Gasteiger partial charge in [0.25, 0.3) is 0 Å². The van der Waals surface area contributed by atoms with Crippen LogP contribution < -0.4 is 0 Å². The summed E-state index contributed by atoms with van der Waals surface area (Å²) >= 11 is 0. The second-order valence-corrected chi connectivity index (χ2v) is 2.35. The van der Waals surface area contributed by atoms with Gasteiger partial charge in [-0.15, -0.1) is 0 Å². The maximum Gasteiger partial charge on any atom is 0.305 e. The average Bonchev–Trinajstić information content (AvgIpc) is 1.85. The second-order valence-electron chi connectivity index (χ2n) is 2.35. The van der Waals surface area contributed by atoms with Crippen LogP contribution in [-0.4, -0.2) is 28.1 Å². The lowest BCUT2D eigenvalue weighted by atomic mass is 10.1. The molecule has 0 bridgehead atoms. The number of rotatable bonds is 5. The Bertz CT molecular complexity index is 153. The zero-order valence-corrected chi connectivity index (χ0v) is 6.41. The molecule has 0 radical (unpaired) electrons. The van der Waals surface area contributed by atoms with Crippen molar-refractivity contribution in [2.75, 3.05) is 0 Å². The van der Waals surface area contributed by atoms with Crippen LogP contribution in [0.2, 0.25) is 0 Å². The quantitative estimate of drug-likeness (QED) is 0.602. The first-order valence-corrected chi connectivity index (χ1v) is 3.47. The molecule has 4 heteroatoms. The third-order valence-corrected chi connectivity index (χ3v) is 1.27. The molecule has 0 aromatic carbocycles. The van der Waals surface area contributed by atoms with Crippen molar-refractivity contribution in [3.05, 3.63) is 0 Å². The maximum atomic E-state index is 10.7. The summed E-state index contributed by atoms with van der Waals surface area (Å²) < 4.78 is 0. The minimum atomic E-state index is -1.08. The van der Waals surface area contributed by atoms with Crippen LogP contribution in [0.3, 0.4) is 0 Å². The highest BCUT2D eigenvalue weighted by Crippen LogP contribution is 2.00. The van der Waals surface area contributed by atoms with Gasteiger partial charge in [0.15, 0.2) is 0 Å². The molecule has 0 rings (SSSR count). The molecule has 1 atom stereocenters. The van der Waals surface area contributed by atoms with Crippen molar-refractivity contribution in [2.24, 2.45) is 0 Å². The van der Waals surface area contributed by atoms with Crippen LogP contribution in [0.5, 0.6) is 0 Å². The van der Waals surface area contributed by atoms with Crippen molar-refractivity contribution in [2.45, 2.75) is 32.3 Å². The fourth-order valence-electron chi connectivity index (χ4n) is 0.681. The lowest BCUT2D eigenvalue weighted by Gasteiger charge is -2.04. The summed E-state index contributed by atoms with van der Waals surface area (Å²) in [4.78, 5) is 20.7. The molecule has 0 aliphatic carbocycles. The fourth-order valence-corrected chi connectivity index (χ4v) is 0.681. The smallest absolute Gasteiger partial charge is 0.305 e. The number of carbonyl (C=O) groups excluding carboxylic acids is 1. The summed E-state index contributed by atoms with van der Waals surface area (Å²) in [5, 5.41) is 17.1. The minimum Gasteiger partial charge on any atom is -0.481 e. The van der Waals surface area contributed by atoms with E-state index in [9.17, 15) is 9.59 Å². The van der Waals surface area contributed by atoms with E-state index in [1.807, 2.05) is 0 Å². The molecular formula is C7H12O4. The van der Waals surface area contributed by atoms with E-state index < -0.39 is 12.1 Å². The van der Waals surface area contributed by atoms with Gasteiger partial charge in [-0.05, 0) is 0 Å². The van der Waals surface area contributed by atoms with E-state index in [2.05, 4.69) is 0 Å². The van der Waals surface area contributed by atoms with Crippen molar-refractivity contribution in [3.8, 4) is 0 Å². The average molecular weight is 160 g/mol. The molecule has 0 aromatic rings. The molecule has 0 amide bonds. The van der Waals surface area contributed by atoms with Gasteiger partial charge >= 0.3 is 5.97 Å². The molecular weight excluding hydrogens is 148 g/mol. The van der Waals surface area contributed by atoms with Gasteiger partial charge in [0.1, 0.15) is 5.78 Å². The van der Waals surface area contributed by atoms with Crippen LogP contribution in [-0.2, 0) is 9.59 Å². The topological polar surface area (TPSA) is 74.6 Å². The number of aliphatic carboxylic acids is 1. The first kappa shape index (κ1) is 10.1. The highest BCUT2D eigenvalue weighted by molar-refractivity contribution is 5.79. The Balaban J connectivity index is 3.60. The maximum absolute atomic E-state index is 10.7. The van der Waals surface area contributed by atoms with Gasteiger partial charge in [-0.25, -0.2) is 0 Å². The SMILES string of the molecule is CCC(=O)CC(O)CC(=O)O. The summed E-state index contributed by atoms with van der Waals surface area (Å²) in [5.74, 6) is -1.19. The monoisotopic (exact) mass is 160 g/mol. The molecule has 2 N–H and O–H groups in total. The third-order valence-electron chi connectivity index (χ3n) is 1.27. The number of carboxylic acid groups (broad SMARTS) is 1. The predicted molar refractivity (Wildman–Crippen MR) is 38.2 cm³/mol. The van der Waals surface area contributed by atoms with E-state index in [1.165, 1.54) is 0 Å². The summed E-state index contributed by atoms with van der Waals surface area (Å²) in [7, 11) is 0. The highest BCUT2D eigenvalue weighted by atomic mass is 16.4. The molecule has 0 aliphatic rings. The standard InChI is InChI=1S/C7H12O4/c1-2-5(8)3-6(9)4-7(10)11/h6,9H,2-4H2,1H3,(H,10,11). The van der Waals surface area contributed by atoms with E-state index in [0.717, 1.165) is 0 Å². The number of ketones is 1. The van der Waals surface area contributed by atoms with Gasteiger partial charge in [0, 0.05) is 12.8 Å². The normalized spacial score (nSPS) is 12.5. The van der Waals surface area contributed by atoms with E-state index >= 15 is 0 Å². The van der Waals surface area contributed by atoms with Crippen molar-refractivity contribution in [1.29, 1.82) is 0 Å². The van der Waals surface area contributed by atoms with E-state index in [4.69, 9.17) is 10.2 Å². The minimum absolute atomic E-state index is 0.0528. The first-order chi connectivity index (χ1) is 5.06. The van der Waals surface area contributed by atoms with Gasteiger partial charge in [0.2, 0.25) is 0 Å². The Morgan fingerprint density at radius 3 is 2.27 bits per heavy atom. The molecule has 0 fully saturated rings. The van der Waals surface area contributed by atoms with Gasteiger partial charge in [0.05, 0.1) is 12.5 Å². The van der Waals surface area contributed by atoms with Crippen LogP contribution in [0.15, 0.2) is 0 Å². The van der Waals surface area contributed by atoms with E-state index in [1.54, 1.807) is 6.92 Å². The van der Waals surface area contributed by atoms with Gasteiger partial charge < -0.3 is 10.2 Å². The van der Waals surface area contributed by atoms with Crippen molar-refractivity contribution in [1.82, 2.24) is 0 Å². The number of hydrogen-bond acceptors (Lipinski definition) is 3. The van der Waals surface area contributed by atoms with Gasteiger partial charge in [-0.2, -0.15) is 0 Å². The van der Waals surface area contributed by atoms with Crippen LogP contribution in [0.1, 0.15) is 26.2 Å². The summed E-state index contributed by atoms with van der Waals surface area (Å²) in [6.45, 7) is 1.68. The molecule has 11 heavy (non-hydrogen) atoms. The largest absolute Gasteiger partial charge is 0.481 e. The number of carboxylic acids is 1. The Morgan fingerprint density at radius 2 is 1.91 bits per heavy atom. The first-order valence-electron chi connectivity index (χ1n) is 3.47. The summed E-state index contributed by atoms with van der Waals surface area (Å²) in [6.07, 6.45) is -1.09. The third kappa shape index (κ3) is 5.54. The van der Waals surface area contributed by atoms with Crippen molar-refractivity contribution in [3.63, 3.8) is 0 Å². The molecule has 0 aliphatic heterocycles. The highest BCUT2D eigenvalue weighted by Gasteiger charge is 2.12. The number of carbonyl (C=O) groups is 2. The molecule has 0 spiro atoms. The number of Topliss-reactive ketones (excluding diaryl/α,β-unsaturated/α-hetero) is 1. The van der Waals surface area contributed by atoms with Crippen LogP contribution in [0.25, 0.3) is 0 Å². The Kier molecular flexibility index (Phi) is 4.45. The molecule has 4 nitrogen and oxygen atoms in total. The van der Waals surface area contributed by atoms with E-state index in [0.29, 0.717) is 6.42 Å². The molecule has 0 saturated carbocycles. The lowest BCUT2D eigenvalue weighted by Crippen LogP contribution is -2.16. The fraction of sp³-hybridized carbons (Fsp3) is 0.714. The number of hydrogen-bond donors (Lipinski definition) is 2. The molecule has 0 aromatic heterocycles. The Morgan fingerprint density at radius 1 is 1.36 bits per heavy atom. The van der Waals surface area contributed by atoms with Crippen molar-refractivity contribution < 1.29 is 19.8 Å². The predicted octanol–water partition coefficient (Wildman–Crippen LogP) is 0.191. The lowest BCUT2D eigenvalue weighted by molar-refractivity contribution is -0.139. The van der Waals surface area contributed by atoms with Crippen LogP contribution in [0, 0.1) is 0 Å². The molecule has 0 saturated heterocycles. The summed E-state index contributed by atoms with van der Waals surface area (Å²) in [6, 6.07) is 0. The van der Waals surface area contributed by atoms with Crippen LogP contribution >= 0.6 is 0 Å². The molecule has 1 unspecified atom stereocenters. The number of aliphatic hydroxyl groups excluding tert-OH is 1. The summed E-state index contributed by atoms with van der Waals surface area (Å²) in [5.41, 5.74) is 0. The Hall–Kier alpha value is -0.900. The van der Waals surface area contributed by atoms with E-state index in [-0.39, 0.29) is 18.6 Å². The molecule has 0 heterocycles. The Labute approximate surface area is 64.8 Å². The van der Waals surface area contributed by atoms with Gasteiger partial charge in [-0.1, -0.05) is 6.92 Å². The van der Waals surface area contributed by atoms with Crippen LogP contribution in [0.4, 0.5) is 0 Å². The zero-order valence-electron chi connectivity index (χ0n) is 6.41. The number of aliphatic hydroxyl groups is 1.